The van der Waals surface area contributed by atoms with Crippen molar-refractivity contribution in [2.45, 2.75) is 6.92 Å². The number of hydrogen-bond donors (Lipinski definition) is 1. The monoisotopic (exact) mass is 284 g/mol. The van der Waals surface area contributed by atoms with E-state index in [0.717, 1.165) is 5.69 Å². The summed E-state index contributed by atoms with van der Waals surface area (Å²) >= 11 is 11.6. The van der Waals surface area contributed by atoms with Gasteiger partial charge in [0.15, 0.2) is 11.5 Å². The lowest BCUT2D eigenvalue weighted by Crippen LogP contribution is -2.14. The van der Waals surface area contributed by atoms with E-state index in [1.54, 1.807) is 17.8 Å². The molecule has 0 saturated heterocycles. The maximum atomic E-state index is 11.9. The molecule has 94 valence electrons. The fourth-order valence-electron chi connectivity index (χ4n) is 1.35. The number of carbonyl (C=O) groups is 1. The number of amides is 1. The molecule has 2 heterocycles. The van der Waals surface area contributed by atoms with Crippen LogP contribution in [0, 0.1) is 6.92 Å². The molecule has 7 heteroatoms. The normalized spacial score (nSPS) is 10.4. The number of hydrogen-bond acceptors (Lipinski definition) is 3. The number of aryl methyl sites for hydroxylation is 2. The number of aromatic nitrogens is 3. The molecule has 1 amide bonds. The Hall–Kier alpha value is -1.59. The summed E-state index contributed by atoms with van der Waals surface area (Å²) in [6.45, 7) is 1.86. The Labute approximate surface area is 114 Å². The van der Waals surface area contributed by atoms with Gasteiger partial charge in [-0.05, 0) is 19.1 Å². The number of rotatable bonds is 2. The third-order valence-electron chi connectivity index (χ3n) is 2.39. The first-order chi connectivity index (χ1) is 8.47. The molecule has 0 saturated carbocycles. The molecule has 0 radical (unpaired) electrons. The smallest absolute Gasteiger partial charge is 0.277 e. The molecule has 2 rings (SSSR count). The minimum absolute atomic E-state index is 0.259. The van der Waals surface area contributed by atoms with Gasteiger partial charge in [-0.3, -0.25) is 9.48 Å². The van der Waals surface area contributed by atoms with Gasteiger partial charge in [0.25, 0.3) is 5.91 Å². The van der Waals surface area contributed by atoms with Gasteiger partial charge < -0.3 is 5.32 Å². The van der Waals surface area contributed by atoms with Gasteiger partial charge >= 0.3 is 0 Å². The molecule has 1 N–H and O–H groups in total. The van der Waals surface area contributed by atoms with Crippen molar-refractivity contribution in [1.29, 1.82) is 0 Å². The van der Waals surface area contributed by atoms with Crippen LogP contribution < -0.4 is 5.32 Å². The summed E-state index contributed by atoms with van der Waals surface area (Å²) < 4.78 is 1.62. The van der Waals surface area contributed by atoms with E-state index in [2.05, 4.69) is 15.4 Å². The van der Waals surface area contributed by atoms with E-state index in [0.29, 0.717) is 10.7 Å². The van der Waals surface area contributed by atoms with Crippen LogP contribution in [0.25, 0.3) is 0 Å². The van der Waals surface area contributed by atoms with Gasteiger partial charge in [-0.15, -0.1) is 0 Å². The van der Waals surface area contributed by atoms with E-state index in [1.165, 1.54) is 12.3 Å². The van der Waals surface area contributed by atoms with Crippen LogP contribution in [0.4, 0.5) is 5.82 Å². The Balaban J connectivity index is 2.21. The van der Waals surface area contributed by atoms with Crippen molar-refractivity contribution >= 4 is 34.9 Å². The standard InChI is InChI=1S/C11H10Cl2N4O/c1-6-3-9(16-17(6)2)11(18)15-10-8(13)4-7(12)5-14-10/h3-5H,1-2H3,(H,14,15,18). The van der Waals surface area contributed by atoms with E-state index >= 15 is 0 Å². The van der Waals surface area contributed by atoms with Gasteiger partial charge in [0.05, 0.1) is 10.0 Å². The highest BCUT2D eigenvalue weighted by atomic mass is 35.5. The molecule has 0 unspecified atom stereocenters. The Bertz CT molecular complexity index is 590. The molecular weight excluding hydrogens is 275 g/mol. The van der Waals surface area contributed by atoms with Crippen LogP contribution in [-0.4, -0.2) is 20.7 Å². The van der Waals surface area contributed by atoms with Crippen molar-refractivity contribution in [3.05, 3.63) is 39.8 Å². The molecular formula is C11H10Cl2N4O. The first-order valence-electron chi connectivity index (χ1n) is 5.10. The number of carbonyl (C=O) groups excluding carboxylic acids is 1. The Morgan fingerprint density at radius 2 is 2.11 bits per heavy atom. The van der Waals surface area contributed by atoms with Crippen LogP contribution in [-0.2, 0) is 7.05 Å². The third-order valence-corrected chi connectivity index (χ3v) is 2.88. The first kappa shape index (κ1) is 12.9. The summed E-state index contributed by atoms with van der Waals surface area (Å²) in [6, 6.07) is 3.19. The lowest BCUT2D eigenvalue weighted by Gasteiger charge is -2.04. The quantitative estimate of drug-likeness (QED) is 0.922. The van der Waals surface area contributed by atoms with Crippen molar-refractivity contribution < 1.29 is 4.79 Å². The zero-order valence-corrected chi connectivity index (χ0v) is 11.2. The largest absolute Gasteiger partial charge is 0.304 e. The summed E-state index contributed by atoms with van der Waals surface area (Å²) in [5.41, 5.74) is 1.19. The highest BCUT2D eigenvalue weighted by molar-refractivity contribution is 6.36. The summed E-state index contributed by atoms with van der Waals surface area (Å²) in [4.78, 5) is 15.8. The highest BCUT2D eigenvalue weighted by Gasteiger charge is 2.13. The zero-order chi connectivity index (χ0) is 13.3. The average molecular weight is 285 g/mol. The van der Waals surface area contributed by atoms with Gasteiger partial charge in [-0.25, -0.2) is 4.98 Å². The highest BCUT2D eigenvalue weighted by Crippen LogP contribution is 2.22. The SMILES string of the molecule is Cc1cc(C(=O)Nc2ncc(Cl)cc2Cl)nn1C. The Kier molecular flexibility index (Phi) is 3.54. The molecule has 0 atom stereocenters. The fraction of sp³-hybridized carbons (Fsp3) is 0.182. The predicted molar refractivity (Wildman–Crippen MR) is 70.2 cm³/mol. The lowest BCUT2D eigenvalue weighted by atomic mass is 10.3. The fourth-order valence-corrected chi connectivity index (χ4v) is 1.78. The molecule has 2 aromatic rings. The second-order valence-corrected chi connectivity index (χ2v) is 4.58. The molecule has 2 aromatic heterocycles. The lowest BCUT2D eigenvalue weighted by molar-refractivity contribution is 0.102. The number of nitrogens with one attached hydrogen (secondary N) is 1. The second kappa shape index (κ2) is 4.96. The van der Waals surface area contributed by atoms with Crippen LogP contribution in [0.1, 0.15) is 16.2 Å². The van der Waals surface area contributed by atoms with Gasteiger partial charge in [0.1, 0.15) is 0 Å². The molecule has 0 aliphatic heterocycles. The summed E-state index contributed by atoms with van der Waals surface area (Å²) in [5.74, 6) is -0.107. The van der Waals surface area contributed by atoms with Gasteiger partial charge in [0, 0.05) is 18.9 Å². The topological polar surface area (TPSA) is 59.8 Å². The van der Waals surface area contributed by atoms with Crippen molar-refractivity contribution in [2.24, 2.45) is 7.05 Å². The van der Waals surface area contributed by atoms with Crippen LogP contribution in [0.2, 0.25) is 10.0 Å². The summed E-state index contributed by atoms with van der Waals surface area (Å²) in [6.07, 6.45) is 1.41. The molecule has 0 fully saturated rings. The van der Waals surface area contributed by atoms with E-state index in [4.69, 9.17) is 23.2 Å². The van der Waals surface area contributed by atoms with Crippen molar-refractivity contribution in [2.75, 3.05) is 5.32 Å². The van der Waals surface area contributed by atoms with Crippen LogP contribution >= 0.6 is 23.2 Å². The number of nitrogens with zero attached hydrogens (tertiary/aromatic N) is 3. The molecule has 18 heavy (non-hydrogen) atoms. The van der Waals surface area contributed by atoms with E-state index in [9.17, 15) is 4.79 Å². The molecule has 0 bridgehead atoms. The number of halogens is 2. The van der Waals surface area contributed by atoms with Crippen LogP contribution in [0.5, 0.6) is 0 Å². The second-order valence-electron chi connectivity index (χ2n) is 3.73. The van der Waals surface area contributed by atoms with E-state index in [1.807, 2.05) is 6.92 Å². The number of pyridine rings is 1. The summed E-state index contributed by atoms with van der Waals surface area (Å²) in [5, 5.41) is 7.33. The molecule has 5 nitrogen and oxygen atoms in total. The van der Waals surface area contributed by atoms with Crippen molar-refractivity contribution in [1.82, 2.24) is 14.8 Å². The van der Waals surface area contributed by atoms with Gasteiger partial charge in [0.2, 0.25) is 0 Å². The maximum Gasteiger partial charge on any atom is 0.277 e. The van der Waals surface area contributed by atoms with E-state index in [-0.39, 0.29) is 16.7 Å². The first-order valence-corrected chi connectivity index (χ1v) is 5.86. The summed E-state index contributed by atoms with van der Waals surface area (Å²) in [7, 11) is 1.76. The minimum atomic E-state index is -0.365. The molecule has 0 spiro atoms. The average Bonchev–Trinajstić information content (AvgIpc) is 2.63. The van der Waals surface area contributed by atoms with Crippen LogP contribution in [0.15, 0.2) is 18.3 Å². The third kappa shape index (κ3) is 2.63. The van der Waals surface area contributed by atoms with E-state index < -0.39 is 0 Å². The number of anilines is 1. The Morgan fingerprint density at radius 3 is 2.67 bits per heavy atom. The molecule has 0 aromatic carbocycles. The minimum Gasteiger partial charge on any atom is -0.304 e. The zero-order valence-electron chi connectivity index (χ0n) is 9.74. The predicted octanol–water partition coefficient (Wildman–Crippen LogP) is 2.68. The Morgan fingerprint density at radius 1 is 1.39 bits per heavy atom. The van der Waals surface area contributed by atoms with Crippen molar-refractivity contribution in [3.8, 4) is 0 Å². The van der Waals surface area contributed by atoms with Crippen LogP contribution in [0.3, 0.4) is 0 Å². The maximum absolute atomic E-state index is 11.9. The molecule has 0 aliphatic carbocycles. The molecule has 0 aliphatic rings. The van der Waals surface area contributed by atoms with Crippen molar-refractivity contribution in [3.63, 3.8) is 0 Å². The van der Waals surface area contributed by atoms with Gasteiger partial charge in [-0.2, -0.15) is 5.10 Å². The van der Waals surface area contributed by atoms with Gasteiger partial charge in [-0.1, -0.05) is 23.2 Å².